The lowest BCUT2D eigenvalue weighted by Gasteiger charge is -2.20. The van der Waals surface area contributed by atoms with Gasteiger partial charge in [-0.2, -0.15) is 0 Å². The van der Waals surface area contributed by atoms with Crippen molar-refractivity contribution in [3.05, 3.63) is 54.1 Å². The molecule has 2 N–H and O–H groups in total. The van der Waals surface area contributed by atoms with Gasteiger partial charge in [0.25, 0.3) is 0 Å². The Hall–Kier alpha value is -3.25. The highest BCUT2D eigenvalue weighted by Gasteiger charge is 2.24. The number of aromatic hydroxyl groups is 1. The molecule has 0 saturated carbocycles. The third kappa shape index (κ3) is 3.25. The number of phenolic OH excluding ortho intramolecular Hbond substituents is 1. The smallest absolute Gasteiger partial charge is 0.231 e. The molecule has 0 aliphatic carbocycles. The molecule has 3 heterocycles. The maximum absolute atomic E-state index is 10.5. The summed E-state index contributed by atoms with van der Waals surface area (Å²) in [5.41, 5.74) is 4.24. The molecule has 1 atom stereocenters. The maximum Gasteiger partial charge on any atom is 0.231 e. The molecule has 1 fully saturated rings. The zero-order valence-corrected chi connectivity index (χ0v) is 16.1. The summed E-state index contributed by atoms with van der Waals surface area (Å²) in [7, 11) is 0. The Morgan fingerprint density at radius 3 is 2.79 bits per heavy atom. The highest BCUT2D eigenvalue weighted by molar-refractivity contribution is 5.81. The Bertz CT molecular complexity index is 1080. The van der Waals surface area contributed by atoms with E-state index in [9.17, 15) is 10.2 Å². The first-order chi connectivity index (χ1) is 14.1. The average molecular weight is 390 g/mol. The van der Waals surface area contributed by atoms with Gasteiger partial charge in [-0.3, -0.25) is 0 Å². The van der Waals surface area contributed by atoms with Gasteiger partial charge in [-0.1, -0.05) is 23.8 Å². The second-order valence-corrected chi connectivity index (χ2v) is 7.55. The fraction of sp³-hybridized carbons (Fsp3) is 0.261. The number of aryl methyl sites for hydroxylation is 1. The van der Waals surface area contributed by atoms with Crippen LogP contribution in [0.4, 0.5) is 5.82 Å². The van der Waals surface area contributed by atoms with Crippen molar-refractivity contribution in [3.8, 4) is 39.6 Å². The predicted molar refractivity (Wildman–Crippen MR) is 110 cm³/mol. The van der Waals surface area contributed by atoms with Crippen LogP contribution in [0.25, 0.3) is 22.4 Å². The Balaban J connectivity index is 1.69. The first-order valence-corrected chi connectivity index (χ1v) is 9.72. The number of ether oxygens (including phenoxy) is 2. The number of fused-ring (bicyclic) bond motifs is 1. The van der Waals surface area contributed by atoms with Crippen LogP contribution in [0.5, 0.6) is 17.2 Å². The monoisotopic (exact) mass is 390 g/mol. The van der Waals surface area contributed by atoms with Crippen molar-refractivity contribution in [2.24, 2.45) is 0 Å². The van der Waals surface area contributed by atoms with E-state index in [0.717, 1.165) is 34.8 Å². The van der Waals surface area contributed by atoms with E-state index in [-0.39, 0.29) is 18.6 Å². The number of anilines is 1. The summed E-state index contributed by atoms with van der Waals surface area (Å²) < 4.78 is 11.2. The number of pyridine rings is 1. The molecule has 0 bridgehead atoms. The molecule has 2 aromatic carbocycles. The van der Waals surface area contributed by atoms with Crippen molar-refractivity contribution in [1.82, 2.24) is 4.98 Å². The normalized spacial score (nSPS) is 17.7. The molecular weight excluding hydrogens is 368 g/mol. The summed E-state index contributed by atoms with van der Waals surface area (Å²) in [5, 5.41) is 20.5. The van der Waals surface area contributed by atoms with Crippen LogP contribution in [-0.2, 0) is 0 Å². The van der Waals surface area contributed by atoms with Gasteiger partial charge < -0.3 is 24.6 Å². The number of phenols is 1. The number of hydrogen-bond donors (Lipinski definition) is 2. The van der Waals surface area contributed by atoms with Gasteiger partial charge in [0, 0.05) is 24.2 Å². The lowest BCUT2D eigenvalue weighted by molar-refractivity contribution is 0.174. The van der Waals surface area contributed by atoms with E-state index in [2.05, 4.69) is 4.90 Å². The quantitative estimate of drug-likeness (QED) is 0.710. The van der Waals surface area contributed by atoms with Gasteiger partial charge in [0.05, 0.1) is 11.8 Å². The predicted octanol–water partition coefficient (Wildman–Crippen LogP) is 3.73. The second kappa shape index (κ2) is 6.97. The van der Waals surface area contributed by atoms with E-state index in [1.165, 1.54) is 0 Å². The number of aromatic nitrogens is 1. The highest BCUT2D eigenvalue weighted by Crippen LogP contribution is 2.43. The largest absolute Gasteiger partial charge is 0.507 e. The molecule has 29 heavy (non-hydrogen) atoms. The molecule has 5 rings (SSSR count). The third-order valence-electron chi connectivity index (χ3n) is 5.43. The topological polar surface area (TPSA) is 75.0 Å². The van der Waals surface area contributed by atoms with E-state index >= 15 is 0 Å². The number of hydrogen-bond acceptors (Lipinski definition) is 6. The minimum absolute atomic E-state index is 0.186. The first-order valence-electron chi connectivity index (χ1n) is 9.72. The molecule has 0 amide bonds. The van der Waals surface area contributed by atoms with E-state index in [1.807, 2.05) is 49.4 Å². The summed E-state index contributed by atoms with van der Waals surface area (Å²) in [5.74, 6) is 2.39. The number of aliphatic hydroxyl groups is 1. The van der Waals surface area contributed by atoms with Crippen LogP contribution in [-0.4, -0.2) is 41.2 Å². The number of rotatable bonds is 3. The Labute approximate surface area is 169 Å². The van der Waals surface area contributed by atoms with Crippen LogP contribution in [0.3, 0.4) is 0 Å². The van der Waals surface area contributed by atoms with Gasteiger partial charge in [-0.25, -0.2) is 4.98 Å². The highest BCUT2D eigenvalue weighted by atomic mass is 16.7. The number of nitrogens with zero attached hydrogens (tertiary/aromatic N) is 2. The van der Waals surface area contributed by atoms with E-state index < -0.39 is 0 Å². The van der Waals surface area contributed by atoms with E-state index in [0.29, 0.717) is 30.0 Å². The zero-order valence-electron chi connectivity index (χ0n) is 16.1. The summed E-state index contributed by atoms with van der Waals surface area (Å²) in [4.78, 5) is 6.90. The molecule has 2 aliphatic heterocycles. The molecule has 1 aromatic heterocycles. The van der Waals surface area contributed by atoms with Crippen LogP contribution in [0.15, 0.2) is 48.5 Å². The SMILES string of the molecule is Cc1ccc(O)c(-c2cc(-c3cccc4c3OCO4)cc(N3CCC(O)C3)n2)c1. The van der Waals surface area contributed by atoms with E-state index in [4.69, 9.17) is 14.5 Å². The van der Waals surface area contributed by atoms with Crippen molar-refractivity contribution >= 4 is 5.82 Å². The van der Waals surface area contributed by atoms with Crippen molar-refractivity contribution in [2.45, 2.75) is 19.4 Å². The number of para-hydroxylation sites is 1. The zero-order chi connectivity index (χ0) is 20.0. The maximum atomic E-state index is 10.5. The molecular formula is C23H22N2O4. The molecule has 6 nitrogen and oxygen atoms in total. The van der Waals surface area contributed by atoms with Crippen molar-refractivity contribution in [3.63, 3.8) is 0 Å². The molecule has 1 saturated heterocycles. The summed E-state index contributed by atoms with van der Waals surface area (Å²) in [6.07, 6.45) is 0.364. The molecule has 3 aromatic rings. The van der Waals surface area contributed by atoms with Gasteiger partial charge in [-0.15, -0.1) is 0 Å². The van der Waals surface area contributed by atoms with Gasteiger partial charge in [0.2, 0.25) is 6.79 Å². The number of benzene rings is 2. The Kier molecular flexibility index (Phi) is 4.28. The van der Waals surface area contributed by atoms with E-state index in [1.54, 1.807) is 6.07 Å². The number of β-amino-alcohol motifs (C(OH)–C–C–N with tert-alkyl or cyclic N) is 1. The van der Waals surface area contributed by atoms with Gasteiger partial charge in [0.15, 0.2) is 11.5 Å². The van der Waals surface area contributed by atoms with Crippen LogP contribution < -0.4 is 14.4 Å². The molecule has 2 aliphatic rings. The number of aliphatic hydroxyl groups excluding tert-OH is 1. The molecule has 0 radical (unpaired) electrons. The molecule has 1 unspecified atom stereocenters. The second-order valence-electron chi connectivity index (χ2n) is 7.55. The van der Waals surface area contributed by atoms with Gasteiger partial charge >= 0.3 is 0 Å². The van der Waals surface area contributed by atoms with Gasteiger partial charge in [-0.05, 0) is 49.2 Å². The fourth-order valence-electron chi connectivity index (χ4n) is 3.93. The third-order valence-corrected chi connectivity index (χ3v) is 5.43. The van der Waals surface area contributed by atoms with Crippen LogP contribution >= 0.6 is 0 Å². The fourth-order valence-corrected chi connectivity index (χ4v) is 3.93. The Morgan fingerprint density at radius 1 is 1.07 bits per heavy atom. The summed E-state index contributed by atoms with van der Waals surface area (Å²) in [6, 6.07) is 15.3. The minimum Gasteiger partial charge on any atom is -0.507 e. The van der Waals surface area contributed by atoms with Crippen molar-refractivity contribution in [2.75, 3.05) is 24.8 Å². The van der Waals surface area contributed by atoms with Crippen molar-refractivity contribution < 1.29 is 19.7 Å². The first kappa shape index (κ1) is 17.8. The lowest BCUT2D eigenvalue weighted by atomic mass is 10.0. The van der Waals surface area contributed by atoms with Crippen LogP contribution in [0, 0.1) is 6.92 Å². The van der Waals surface area contributed by atoms with Gasteiger partial charge in [0.1, 0.15) is 11.6 Å². The van der Waals surface area contributed by atoms with Crippen LogP contribution in [0.1, 0.15) is 12.0 Å². The summed E-state index contributed by atoms with van der Waals surface area (Å²) in [6.45, 7) is 3.47. The minimum atomic E-state index is -0.353. The van der Waals surface area contributed by atoms with Crippen molar-refractivity contribution in [1.29, 1.82) is 0 Å². The van der Waals surface area contributed by atoms with Crippen LogP contribution in [0.2, 0.25) is 0 Å². The summed E-state index contributed by atoms with van der Waals surface area (Å²) >= 11 is 0. The molecule has 0 spiro atoms. The molecule has 6 heteroatoms. The Morgan fingerprint density at radius 2 is 1.97 bits per heavy atom. The lowest BCUT2D eigenvalue weighted by Crippen LogP contribution is -2.22. The average Bonchev–Trinajstić information content (AvgIpc) is 3.38. The standard InChI is InChI=1S/C23H22N2O4/c1-14-5-6-20(27)18(9-14)19-10-15(11-22(24-19)25-8-7-16(26)12-25)17-3-2-4-21-23(17)29-13-28-21/h2-6,9-11,16,26-27H,7-8,12-13H2,1H3. The molecule has 148 valence electrons.